The molecule has 0 amide bonds. The van der Waals surface area contributed by atoms with Gasteiger partial charge in [-0.2, -0.15) is 0 Å². The summed E-state index contributed by atoms with van der Waals surface area (Å²) in [6.07, 6.45) is 12.1. The first-order valence-electron chi connectivity index (χ1n) is 11.0. The van der Waals surface area contributed by atoms with Crippen LogP contribution in [0.25, 0.3) is 0 Å². The van der Waals surface area contributed by atoms with Gasteiger partial charge in [-0.05, 0) is 49.9 Å². The van der Waals surface area contributed by atoms with Gasteiger partial charge in [0.2, 0.25) is 0 Å². The minimum absolute atomic E-state index is 0.210. The molecule has 0 aliphatic heterocycles. The van der Waals surface area contributed by atoms with Crippen molar-refractivity contribution in [3.8, 4) is 23.0 Å². The molecule has 29 heavy (non-hydrogen) atoms. The standard InChI is InChI=1S/C13H20O2.C12H18O2/c1-2-3-4-5-6-8-11-12(14)9-7-10-13(11)15;1-2-3-4-5-7-10-11(13)8-6-9-12(10)14/h7,9-10,14-15H,2-6,8H2,1H3;6,8-9,13-14H,2-5,7H2,1H3. The zero-order chi connectivity index (χ0) is 21.5. The third-order valence-electron chi connectivity index (χ3n) is 5.06. The number of phenolic OH excluding ortho intramolecular Hbond substituents is 4. The van der Waals surface area contributed by atoms with Gasteiger partial charge in [0.25, 0.3) is 0 Å². The summed E-state index contributed by atoms with van der Waals surface area (Å²) < 4.78 is 0. The zero-order valence-corrected chi connectivity index (χ0v) is 18.0. The number of hydrogen-bond donors (Lipinski definition) is 4. The number of phenols is 4. The van der Waals surface area contributed by atoms with E-state index in [-0.39, 0.29) is 23.0 Å². The largest absolute Gasteiger partial charge is 0.508 e. The molecule has 0 atom stereocenters. The molecule has 2 aromatic carbocycles. The van der Waals surface area contributed by atoms with Gasteiger partial charge in [-0.1, -0.05) is 70.9 Å². The molecule has 162 valence electrons. The van der Waals surface area contributed by atoms with Gasteiger partial charge in [0.15, 0.2) is 0 Å². The zero-order valence-electron chi connectivity index (χ0n) is 18.0. The van der Waals surface area contributed by atoms with Crippen LogP contribution in [0.5, 0.6) is 23.0 Å². The molecule has 0 aliphatic carbocycles. The number of hydrogen-bond acceptors (Lipinski definition) is 4. The van der Waals surface area contributed by atoms with Gasteiger partial charge in [0.05, 0.1) is 0 Å². The van der Waals surface area contributed by atoms with Crippen LogP contribution in [0.4, 0.5) is 0 Å². The maximum atomic E-state index is 9.53. The quantitative estimate of drug-likeness (QED) is 0.310. The monoisotopic (exact) mass is 402 g/mol. The highest BCUT2D eigenvalue weighted by Gasteiger charge is 2.06. The lowest BCUT2D eigenvalue weighted by Crippen LogP contribution is -1.88. The SMILES string of the molecule is CCCCCCCc1c(O)cccc1O.CCCCCCc1c(O)cccc1O. The fraction of sp³-hybridized carbons (Fsp3) is 0.520. The van der Waals surface area contributed by atoms with Crippen LogP contribution in [-0.2, 0) is 12.8 Å². The minimum atomic E-state index is 0.210. The van der Waals surface area contributed by atoms with Crippen molar-refractivity contribution >= 4 is 0 Å². The van der Waals surface area contributed by atoms with E-state index in [0.717, 1.165) is 32.1 Å². The number of rotatable bonds is 11. The Morgan fingerprint density at radius 3 is 1.14 bits per heavy atom. The third kappa shape index (κ3) is 9.60. The Balaban J connectivity index is 0.000000291. The molecule has 0 spiro atoms. The van der Waals surface area contributed by atoms with Gasteiger partial charge in [-0.15, -0.1) is 0 Å². The van der Waals surface area contributed by atoms with E-state index < -0.39 is 0 Å². The lowest BCUT2D eigenvalue weighted by atomic mass is 10.0. The molecule has 4 heteroatoms. The average molecular weight is 403 g/mol. The second kappa shape index (κ2) is 14.6. The molecule has 4 N–H and O–H groups in total. The smallest absolute Gasteiger partial charge is 0.122 e. The van der Waals surface area contributed by atoms with Gasteiger partial charge in [-0.25, -0.2) is 0 Å². The molecule has 0 heterocycles. The number of benzene rings is 2. The Morgan fingerprint density at radius 2 is 0.793 bits per heavy atom. The Labute approximate surface area is 175 Å². The Morgan fingerprint density at radius 1 is 0.483 bits per heavy atom. The fourth-order valence-electron chi connectivity index (χ4n) is 3.27. The van der Waals surface area contributed by atoms with Crippen molar-refractivity contribution in [3.05, 3.63) is 47.5 Å². The Bertz CT molecular complexity index is 657. The van der Waals surface area contributed by atoms with E-state index >= 15 is 0 Å². The first kappa shape index (κ1) is 24.7. The second-order valence-corrected chi connectivity index (χ2v) is 7.52. The van der Waals surface area contributed by atoms with Crippen molar-refractivity contribution in [1.82, 2.24) is 0 Å². The number of unbranched alkanes of at least 4 members (excludes halogenated alkanes) is 7. The maximum absolute atomic E-state index is 9.53. The fourth-order valence-corrected chi connectivity index (χ4v) is 3.27. The summed E-state index contributed by atoms with van der Waals surface area (Å²) in [6.45, 7) is 4.35. The van der Waals surface area contributed by atoms with Crippen LogP contribution in [-0.4, -0.2) is 20.4 Å². The van der Waals surface area contributed by atoms with E-state index in [1.54, 1.807) is 36.4 Å². The predicted octanol–water partition coefficient (Wildman–Crippen LogP) is 6.83. The summed E-state index contributed by atoms with van der Waals surface area (Å²) in [5.41, 5.74) is 1.37. The average Bonchev–Trinajstić information content (AvgIpc) is 2.69. The molecule has 2 rings (SSSR count). The third-order valence-corrected chi connectivity index (χ3v) is 5.06. The summed E-state index contributed by atoms with van der Waals surface area (Å²) in [7, 11) is 0. The van der Waals surface area contributed by atoms with Crippen molar-refractivity contribution in [3.63, 3.8) is 0 Å². The Hall–Kier alpha value is -2.36. The summed E-state index contributed by atoms with van der Waals surface area (Å²) in [5, 5.41) is 38.0. The maximum Gasteiger partial charge on any atom is 0.122 e. The van der Waals surface area contributed by atoms with Crippen molar-refractivity contribution in [2.75, 3.05) is 0 Å². The van der Waals surface area contributed by atoms with E-state index in [1.165, 1.54) is 38.5 Å². The molecule has 4 nitrogen and oxygen atoms in total. The molecule has 0 saturated carbocycles. The molecule has 0 bridgehead atoms. The highest BCUT2D eigenvalue weighted by atomic mass is 16.3. The highest BCUT2D eigenvalue weighted by molar-refractivity contribution is 5.43. The van der Waals surface area contributed by atoms with E-state index in [0.29, 0.717) is 11.1 Å². The van der Waals surface area contributed by atoms with E-state index in [2.05, 4.69) is 13.8 Å². The first-order chi connectivity index (χ1) is 14.0. The van der Waals surface area contributed by atoms with Crippen LogP contribution >= 0.6 is 0 Å². The molecule has 0 fully saturated rings. The predicted molar refractivity (Wildman–Crippen MR) is 120 cm³/mol. The van der Waals surface area contributed by atoms with Crippen molar-refractivity contribution < 1.29 is 20.4 Å². The molecule has 0 aromatic heterocycles. The summed E-state index contributed by atoms with van der Waals surface area (Å²) in [5.74, 6) is 0.846. The lowest BCUT2D eigenvalue weighted by Gasteiger charge is -2.06. The lowest BCUT2D eigenvalue weighted by molar-refractivity contribution is 0.435. The van der Waals surface area contributed by atoms with Gasteiger partial charge in [0, 0.05) is 11.1 Å². The summed E-state index contributed by atoms with van der Waals surface area (Å²) >= 11 is 0. The molecule has 0 saturated heterocycles. The molecule has 0 aliphatic rings. The van der Waals surface area contributed by atoms with E-state index in [4.69, 9.17) is 0 Å². The van der Waals surface area contributed by atoms with Gasteiger partial charge in [0.1, 0.15) is 23.0 Å². The van der Waals surface area contributed by atoms with Gasteiger partial charge < -0.3 is 20.4 Å². The van der Waals surface area contributed by atoms with Crippen LogP contribution < -0.4 is 0 Å². The van der Waals surface area contributed by atoms with Gasteiger partial charge in [-0.3, -0.25) is 0 Å². The van der Waals surface area contributed by atoms with Crippen LogP contribution in [0.1, 0.15) is 82.8 Å². The van der Waals surface area contributed by atoms with Crippen molar-refractivity contribution in [2.45, 2.75) is 84.5 Å². The minimum Gasteiger partial charge on any atom is -0.508 e. The van der Waals surface area contributed by atoms with Crippen molar-refractivity contribution in [1.29, 1.82) is 0 Å². The highest BCUT2D eigenvalue weighted by Crippen LogP contribution is 2.28. The molecule has 2 aromatic rings. The normalized spacial score (nSPS) is 10.4. The second-order valence-electron chi connectivity index (χ2n) is 7.52. The summed E-state index contributed by atoms with van der Waals surface area (Å²) in [6, 6.07) is 9.80. The molecular formula is C25H38O4. The molecular weight excluding hydrogens is 364 g/mol. The van der Waals surface area contributed by atoms with Crippen LogP contribution in [0.2, 0.25) is 0 Å². The van der Waals surface area contributed by atoms with Crippen molar-refractivity contribution in [2.24, 2.45) is 0 Å². The van der Waals surface area contributed by atoms with Crippen LogP contribution in [0.15, 0.2) is 36.4 Å². The number of aromatic hydroxyl groups is 4. The van der Waals surface area contributed by atoms with E-state index in [1.807, 2.05) is 0 Å². The van der Waals surface area contributed by atoms with Crippen LogP contribution in [0.3, 0.4) is 0 Å². The Kier molecular flexibility index (Phi) is 12.4. The molecule has 0 unspecified atom stereocenters. The topological polar surface area (TPSA) is 80.9 Å². The first-order valence-corrected chi connectivity index (χ1v) is 11.0. The molecule has 0 radical (unpaired) electrons. The summed E-state index contributed by atoms with van der Waals surface area (Å²) in [4.78, 5) is 0. The van der Waals surface area contributed by atoms with Gasteiger partial charge >= 0.3 is 0 Å². The van der Waals surface area contributed by atoms with E-state index in [9.17, 15) is 20.4 Å². The van der Waals surface area contributed by atoms with Crippen LogP contribution in [0, 0.1) is 0 Å².